The van der Waals surface area contributed by atoms with Gasteiger partial charge in [0.15, 0.2) is 0 Å². The normalized spacial score (nSPS) is 11.8. The Kier molecular flexibility index (Phi) is 4.20. The molecule has 0 aliphatic carbocycles. The molecule has 0 aliphatic rings. The average Bonchev–Trinajstić information content (AvgIpc) is 1.80. The van der Waals surface area contributed by atoms with Crippen molar-refractivity contribution in [3.05, 3.63) is 0 Å². The van der Waals surface area contributed by atoms with Gasteiger partial charge in [-0.1, -0.05) is 0 Å². The lowest BCUT2D eigenvalue weighted by Crippen LogP contribution is -2.38. The number of nitrogens with zero attached hydrogens (tertiary/aromatic N) is 1. The Morgan fingerprint density at radius 2 is 1.92 bits per heavy atom. The quantitative estimate of drug-likeness (QED) is 0.629. The molecule has 4 heteroatoms. The second-order valence-electron chi connectivity index (χ2n) is 3.98. The minimum absolute atomic E-state index is 0.130. The molecule has 0 aromatic rings. The van der Waals surface area contributed by atoms with Crippen LogP contribution in [0.3, 0.4) is 0 Å². The number of carbonyl (C=O) groups excluding carboxylic acids is 1. The zero-order valence-electron chi connectivity index (χ0n) is 8.47. The van der Waals surface area contributed by atoms with Crippen LogP contribution in [0.4, 0.5) is 0 Å². The van der Waals surface area contributed by atoms with E-state index in [9.17, 15) is 4.79 Å². The summed E-state index contributed by atoms with van der Waals surface area (Å²) in [5.41, 5.74) is 2.04. The minimum Gasteiger partial charge on any atom is -0.301 e. The standard InChI is InChI=1S/C8H18N2O2/c1-8(2,3)12-9-7(11)6-10(4)5/h6H2,1-5H3,(H,9,11). The molecule has 0 saturated heterocycles. The second-order valence-corrected chi connectivity index (χ2v) is 3.98. The lowest BCUT2D eigenvalue weighted by atomic mass is 10.2. The molecule has 0 radical (unpaired) electrons. The van der Waals surface area contributed by atoms with E-state index >= 15 is 0 Å². The van der Waals surface area contributed by atoms with Gasteiger partial charge in [0, 0.05) is 0 Å². The molecule has 1 amide bonds. The molecule has 72 valence electrons. The van der Waals surface area contributed by atoms with Gasteiger partial charge in [0.05, 0.1) is 12.1 Å². The first-order valence-electron chi connectivity index (χ1n) is 3.93. The Bertz CT molecular complexity index is 150. The molecule has 0 saturated carbocycles. The number of hydroxylamine groups is 1. The van der Waals surface area contributed by atoms with Crippen LogP contribution in [-0.2, 0) is 9.63 Å². The number of rotatable bonds is 3. The summed E-state index contributed by atoms with van der Waals surface area (Å²) in [6.45, 7) is 5.98. The van der Waals surface area contributed by atoms with Crippen LogP contribution in [0.15, 0.2) is 0 Å². The first-order valence-corrected chi connectivity index (χ1v) is 3.93. The van der Waals surface area contributed by atoms with Gasteiger partial charge in [-0.3, -0.25) is 9.63 Å². The molecule has 0 fully saturated rings. The van der Waals surface area contributed by atoms with Crippen LogP contribution in [0.2, 0.25) is 0 Å². The summed E-state index contributed by atoms with van der Waals surface area (Å²) in [6.07, 6.45) is 0. The summed E-state index contributed by atoms with van der Waals surface area (Å²) in [5, 5.41) is 0. The van der Waals surface area contributed by atoms with E-state index in [2.05, 4.69) is 5.48 Å². The van der Waals surface area contributed by atoms with Crippen LogP contribution in [0.5, 0.6) is 0 Å². The largest absolute Gasteiger partial charge is 0.301 e. The molecule has 0 unspecified atom stereocenters. The summed E-state index contributed by atoms with van der Waals surface area (Å²) in [5.74, 6) is -0.130. The fourth-order valence-electron chi connectivity index (χ4n) is 0.529. The molecular formula is C8H18N2O2. The molecule has 0 heterocycles. The summed E-state index contributed by atoms with van der Waals surface area (Å²) in [6, 6.07) is 0. The zero-order valence-corrected chi connectivity index (χ0v) is 8.47. The average molecular weight is 174 g/mol. The molecular weight excluding hydrogens is 156 g/mol. The highest BCUT2D eigenvalue weighted by Crippen LogP contribution is 2.02. The number of carbonyl (C=O) groups is 1. The van der Waals surface area contributed by atoms with Crippen molar-refractivity contribution in [2.24, 2.45) is 0 Å². The Hall–Kier alpha value is -0.610. The van der Waals surface area contributed by atoms with Crippen molar-refractivity contribution in [3.8, 4) is 0 Å². The monoisotopic (exact) mass is 174 g/mol. The van der Waals surface area contributed by atoms with Gasteiger partial charge in [-0.15, -0.1) is 0 Å². The first-order chi connectivity index (χ1) is 5.31. The Morgan fingerprint density at radius 3 is 2.25 bits per heavy atom. The lowest BCUT2D eigenvalue weighted by molar-refractivity contribution is -0.146. The molecule has 0 spiro atoms. The highest BCUT2D eigenvalue weighted by Gasteiger charge is 2.12. The molecule has 0 aromatic carbocycles. The highest BCUT2D eigenvalue weighted by molar-refractivity contribution is 5.76. The van der Waals surface area contributed by atoms with Crippen LogP contribution < -0.4 is 5.48 Å². The predicted molar refractivity (Wildman–Crippen MR) is 47.5 cm³/mol. The van der Waals surface area contributed by atoms with Crippen molar-refractivity contribution in [3.63, 3.8) is 0 Å². The van der Waals surface area contributed by atoms with Crippen LogP contribution in [0, 0.1) is 0 Å². The summed E-state index contributed by atoms with van der Waals surface area (Å²) >= 11 is 0. The van der Waals surface area contributed by atoms with Gasteiger partial charge < -0.3 is 4.90 Å². The van der Waals surface area contributed by atoms with E-state index in [4.69, 9.17) is 4.84 Å². The Morgan fingerprint density at radius 1 is 1.42 bits per heavy atom. The topological polar surface area (TPSA) is 41.6 Å². The molecule has 0 atom stereocenters. The van der Waals surface area contributed by atoms with Crippen molar-refractivity contribution < 1.29 is 9.63 Å². The van der Waals surface area contributed by atoms with Crippen molar-refractivity contribution in [1.29, 1.82) is 0 Å². The summed E-state index contributed by atoms with van der Waals surface area (Å²) < 4.78 is 0. The second kappa shape index (κ2) is 4.42. The number of hydrogen-bond donors (Lipinski definition) is 1. The molecule has 1 N–H and O–H groups in total. The van der Waals surface area contributed by atoms with E-state index < -0.39 is 0 Å². The predicted octanol–water partition coefficient (Wildman–Crippen LogP) is 0.394. The van der Waals surface area contributed by atoms with Crippen LogP contribution in [-0.4, -0.2) is 37.0 Å². The number of nitrogens with one attached hydrogen (secondary N) is 1. The number of amides is 1. The van der Waals surface area contributed by atoms with E-state index in [1.54, 1.807) is 4.90 Å². The fourth-order valence-corrected chi connectivity index (χ4v) is 0.529. The maximum atomic E-state index is 11.0. The first kappa shape index (κ1) is 11.4. The number of hydrogen-bond acceptors (Lipinski definition) is 3. The van der Waals surface area contributed by atoms with Gasteiger partial charge in [0.2, 0.25) is 0 Å². The van der Waals surface area contributed by atoms with Crippen molar-refractivity contribution in [1.82, 2.24) is 10.4 Å². The third-order valence-electron chi connectivity index (χ3n) is 0.931. The van der Waals surface area contributed by atoms with Gasteiger partial charge in [0.25, 0.3) is 5.91 Å². The van der Waals surface area contributed by atoms with Crippen molar-refractivity contribution in [2.75, 3.05) is 20.6 Å². The third kappa shape index (κ3) is 7.50. The van der Waals surface area contributed by atoms with Crippen molar-refractivity contribution >= 4 is 5.91 Å². The van der Waals surface area contributed by atoms with Gasteiger partial charge in [-0.2, -0.15) is 0 Å². The van der Waals surface area contributed by atoms with E-state index in [1.807, 2.05) is 34.9 Å². The van der Waals surface area contributed by atoms with E-state index in [1.165, 1.54) is 0 Å². The SMILES string of the molecule is CN(C)CC(=O)NOC(C)(C)C. The minimum atomic E-state index is -0.331. The van der Waals surface area contributed by atoms with E-state index in [-0.39, 0.29) is 11.5 Å². The van der Waals surface area contributed by atoms with Crippen LogP contribution in [0.1, 0.15) is 20.8 Å². The summed E-state index contributed by atoms with van der Waals surface area (Å²) in [4.78, 5) is 17.9. The molecule has 4 nitrogen and oxygen atoms in total. The fraction of sp³-hybridized carbons (Fsp3) is 0.875. The van der Waals surface area contributed by atoms with Gasteiger partial charge in [-0.25, -0.2) is 5.48 Å². The summed E-state index contributed by atoms with van der Waals surface area (Å²) in [7, 11) is 3.66. The molecule has 0 bridgehead atoms. The molecule has 0 rings (SSSR count). The Balaban J connectivity index is 3.58. The van der Waals surface area contributed by atoms with Crippen molar-refractivity contribution in [2.45, 2.75) is 26.4 Å². The van der Waals surface area contributed by atoms with E-state index in [0.29, 0.717) is 6.54 Å². The van der Waals surface area contributed by atoms with Gasteiger partial charge in [-0.05, 0) is 34.9 Å². The van der Waals surface area contributed by atoms with Crippen LogP contribution in [0.25, 0.3) is 0 Å². The highest BCUT2D eigenvalue weighted by atomic mass is 16.7. The third-order valence-corrected chi connectivity index (χ3v) is 0.931. The molecule has 12 heavy (non-hydrogen) atoms. The van der Waals surface area contributed by atoms with Gasteiger partial charge in [0.1, 0.15) is 0 Å². The maximum absolute atomic E-state index is 11.0. The van der Waals surface area contributed by atoms with Gasteiger partial charge >= 0.3 is 0 Å². The smallest absolute Gasteiger partial charge is 0.257 e. The Labute approximate surface area is 73.8 Å². The lowest BCUT2D eigenvalue weighted by Gasteiger charge is -2.19. The number of likely N-dealkylation sites (N-methyl/N-ethyl adjacent to an activating group) is 1. The molecule has 0 aliphatic heterocycles. The maximum Gasteiger partial charge on any atom is 0.257 e. The van der Waals surface area contributed by atoms with Crippen LogP contribution >= 0.6 is 0 Å². The van der Waals surface area contributed by atoms with E-state index in [0.717, 1.165) is 0 Å². The molecule has 0 aromatic heterocycles. The zero-order chi connectivity index (χ0) is 9.78.